The van der Waals surface area contributed by atoms with E-state index in [1.165, 1.54) is 12.8 Å². The van der Waals surface area contributed by atoms with Crippen molar-refractivity contribution in [3.63, 3.8) is 0 Å². The van der Waals surface area contributed by atoms with Crippen LogP contribution in [0.1, 0.15) is 19.8 Å². The van der Waals surface area contributed by atoms with Crippen LogP contribution in [0.4, 0.5) is 0 Å². The van der Waals surface area contributed by atoms with Gasteiger partial charge in [0.2, 0.25) is 4.80 Å². The standard InChI is InChI=1S/C21H25N3O2S/c1-4-22-21-24(23-12-16-10-14-5-6-15(16)9-14)19(13-27-21)18-11-17(25-2)7-8-20(18)26-3/h5-8,11-16H,4,9-10H2,1-3H3/b22-21?,23-12-/t14-,15+,16-/m1/s1. The Balaban J connectivity index is 1.76. The van der Waals surface area contributed by atoms with Gasteiger partial charge in [0, 0.05) is 29.6 Å². The summed E-state index contributed by atoms with van der Waals surface area (Å²) < 4.78 is 12.9. The molecule has 0 saturated heterocycles. The lowest BCUT2D eigenvalue weighted by Gasteiger charge is -2.13. The van der Waals surface area contributed by atoms with E-state index in [1.54, 1.807) is 25.6 Å². The third-order valence-corrected chi connectivity index (χ3v) is 6.22. The van der Waals surface area contributed by atoms with Crippen molar-refractivity contribution in [1.29, 1.82) is 0 Å². The number of benzene rings is 1. The van der Waals surface area contributed by atoms with Crippen molar-refractivity contribution >= 4 is 17.6 Å². The van der Waals surface area contributed by atoms with Gasteiger partial charge in [-0.1, -0.05) is 12.2 Å². The number of hydrogen-bond donors (Lipinski definition) is 0. The molecule has 2 aromatic rings. The number of nitrogens with zero attached hydrogens (tertiary/aromatic N) is 3. The Hall–Kier alpha value is -2.34. The normalized spacial score (nSPS) is 24.3. The molecule has 2 aliphatic rings. The van der Waals surface area contributed by atoms with Crippen molar-refractivity contribution in [1.82, 2.24) is 4.68 Å². The van der Waals surface area contributed by atoms with Crippen molar-refractivity contribution in [3.8, 4) is 22.8 Å². The summed E-state index contributed by atoms with van der Waals surface area (Å²) in [4.78, 5) is 5.52. The van der Waals surface area contributed by atoms with Crippen LogP contribution in [0.2, 0.25) is 0 Å². The van der Waals surface area contributed by atoms with Crippen LogP contribution in [-0.4, -0.2) is 31.7 Å². The Morgan fingerprint density at radius 2 is 2.11 bits per heavy atom. The van der Waals surface area contributed by atoms with Crippen LogP contribution >= 0.6 is 11.3 Å². The molecule has 6 heteroatoms. The van der Waals surface area contributed by atoms with Gasteiger partial charge in [0.25, 0.3) is 0 Å². The fraction of sp³-hybridized carbons (Fsp3) is 0.429. The molecule has 1 saturated carbocycles. The van der Waals surface area contributed by atoms with E-state index in [2.05, 4.69) is 28.7 Å². The molecule has 1 heterocycles. The predicted molar refractivity (Wildman–Crippen MR) is 110 cm³/mol. The van der Waals surface area contributed by atoms with Gasteiger partial charge in [0.05, 0.1) is 19.9 Å². The van der Waals surface area contributed by atoms with E-state index in [9.17, 15) is 0 Å². The number of allylic oxidation sites excluding steroid dienone is 2. The molecule has 0 radical (unpaired) electrons. The molecule has 0 unspecified atom stereocenters. The lowest BCUT2D eigenvalue weighted by atomic mass is 9.95. The van der Waals surface area contributed by atoms with E-state index in [-0.39, 0.29) is 0 Å². The third kappa shape index (κ3) is 3.46. The molecule has 0 spiro atoms. The Kier molecular flexibility index (Phi) is 5.16. The van der Waals surface area contributed by atoms with Crippen LogP contribution in [0.25, 0.3) is 11.3 Å². The molecule has 2 bridgehead atoms. The van der Waals surface area contributed by atoms with Crippen LogP contribution in [0, 0.1) is 17.8 Å². The zero-order valence-corrected chi connectivity index (χ0v) is 16.8. The summed E-state index contributed by atoms with van der Waals surface area (Å²) in [5.74, 6) is 3.47. The molecule has 0 aliphatic heterocycles. The van der Waals surface area contributed by atoms with Crippen molar-refractivity contribution < 1.29 is 9.47 Å². The largest absolute Gasteiger partial charge is 0.497 e. The Bertz CT molecular complexity index is 941. The lowest BCUT2D eigenvalue weighted by Crippen LogP contribution is -2.15. The van der Waals surface area contributed by atoms with Crippen LogP contribution < -0.4 is 14.3 Å². The maximum atomic E-state index is 5.59. The molecule has 0 amide bonds. The smallest absolute Gasteiger partial charge is 0.206 e. The quantitative estimate of drug-likeness (QED) is 0.554. The second kappa shape index (κ2) is 7.72. The van der Waals surface area contributed by atoms with Gasteiger partial charge in [0.15, 0.2) is 0 Å². The molecule has 0 N–H and O–H groups in total. The van der Waals surface area contributed by atoms with E-state index in [0.717, 1.165) is 40.0 Å². The highest BCUT2D eigenvalue weighted by Gasteiger charge is 2.34. The molecular formula is C21H25N3O2S. The second-order valence-electron chi connectivity index (χ2n) is 6.96. The first-order chi connectivity index (χ1) is 13.2. The number of aromatic nitrogens is 1. The molecule has 1 fully saturated rings. The van der Waals surface area contributed by atoms with Crippen LogP contribution in [0.5, 0.6) is 11.5 Å². The molecule has 1 aromatic carbocycles. The lowest BCUT2D eigenvalue weighted by molar-refractivity contribution is 0.404. The van der Waals surface area contributed by atoms with E-state index in [4.69, 9.17) is 14.6 Å². The van der Waals surface area contributed by atoms with Gasteiger partial charge in [-0.25, -0.2) is 4.68 Å². The minimum Gasteiger partial charge on any atom is -0.497 e. The summed E-state index contributed by atoms with van der Waals surface area (Å²) in [6.07, 6.45) is 9.30. The summed E-state index contributed by atoms with van der Waals surface area (Å²) in [5, 5.41) is 6.96. The number of methoxy groups -OCH3 is 2. The Morgan fingerprint density at radius 1 is 1.22 bits per heavy atom. The minimum atomic E-state index is 0.516. The van der Waals surface area contributed by atoms with Crippen molar-refractivity contribution in [2.45, 2.75) is 19.8 Å². The molecule has 2 aliphatic carbocycles. The molecule has 1 aromatic heterocycles. The fourth-order valence-electron chi connectivity index (χ4n) is 4.00. The number of thiazole rings is 1. The van der Waals surface area contributed by atoms with Gasteiger partial charge in [0.1, 0.15) is 11.5 Å². The average molecular weight is 384 g/mol. The molecule has 4 rings (SSSR count). The molecule has 3 atom stereocenters. The van der Waals surface area contributed by atoms with Crippen LogP contribution in [0.3, 0.4) is 0 Å². The first-order valence-electron chi connectivity index (χ1n) is 9.39. The topological polar surface area (TPSA) is 48.1 Å². The highest BCUT2D eigenvalue weighted by Crippen LogP contribution is 2.42. The van der Waals surface area contributed by atoms with E-state index in [1.807, 2.05) is 29.8 Å². The zero-order valence-electron chi connectivity index (χ0n) is 16.0. The SMILES string of the molecule is CCN=c1scc(-c2cc(OC)ccc2OC)n1/N=C\[C@H]1C[C@@H]2C=C[C@H]1C2. The minimum absolute atomic E-state index is 0.516. The highest BCUT2D eigenvalue weighted by atomic mass is 32.1. The van der Waals surface area contributed by atoms with E-state index in [0.29, 0.717) is 11.8 Å². The summed E-state index contributed by atoms with van der Waals surface area (Å²) in [5.41, 5.74) is 1.92. The third-order valence-electron chi connectivity index (χ3n) is 5.37. The first-order valence-corrected chi connectivity index (χ1v) is 10.3. The van der Waals surface area contributed by atoms with Crippen LogP contribution in [0.15, 0.2) is 45.8 Å². The van der Waals surface area contributed by atoms with Crippen molar-refractivity contribution in [3.05, 3.63) is 40.5 Å². The average Bonchev–Trinajstić information content (AvgIpc) is 3.42. The molecule has 27 heavy (non-hydrogen) atoms. The second-order valence-corrected chi connectivity index (χ2v) is 7.80. The molecular weight excluding hydrogens is 358 g/mol. The van der Waals surface area contributed by atoms with Gasteiger partial charge >= 0.3 is 0 Å². The Morgan fingerprint density at radius 3 is 2.78 bits per heavy atom. The number of ether oxygens (including phenoxy) is 2. The summed E-state index contributed by atoms with van der Waals surface area (Å²) in [7, 11) is 3.36. The maximum Gasteiger partial charge on any atom is 0.206 e. The monoisotopic (exact) mass is 383 g/mol. The molecule has 142 valence electrons. The van der Waals surface area contributed by atoms with Gasteiger partial charge in [-0.2, -0.15) is 5.10 Å². The van der Waals surface area contributed by atoms with E-state index < -0.39 is 0 Å². The van der Waals surface area contributed by atoms with Crippen LogP contribution in [-0.2, 0) is 0 Å². The summed E-state index contributed by atoms with van der Waals surface area (Å²) >= 11 is 1.60. The highest BCUT2D eigenvalue weighted by molar-refractivity contribution is 7.07. The van der Waals surface area contributed by atoms with E-state index >= 15 is 0 Å². The Labute approximate surface area is 163 Å². The number of fused-ring (bicyclic) bond motifs is 2. The number of rotatable bonds is 6. The van der Waals surface area contributed by atoms with Crippen molar-refractivity contribution in [2.24, 2.45) is 27.8 Å². The molecule has 5 nitrogen and oxygen atoms in total. The fourth-order valence-corrected chi connectivity index (χ4v) is 4.89. The van der Waals surface area contributed by atoms with Gasteiger partial charge in [-0.15, -0.1) is 11.3 Å². The van der Waals surface area contributed by atoms with Gasteiger partial charge in [-0.3, -0.25) is 4.99 Å². The summed E-state index contributed by atoms with van der Waals surface area (Å²) in [6, 6.07) is 5.82. The predicted octanol–water partition coefficient (Wildman–Crippen LogP) is 4.20. The summed E-state index contributed by atoms with van der Waals surface area (Å²) in [6.45, 7) is 2.77. The zero-order chi connectivity index (χ0) is 18.8. The maximum absolute atomic E-state index is 5.59. The van der Waals surface area contributed by atoms with Gasteiger partial charge < -0.3 is 9.47 Å². The van der Waals surface area contributed by atoms with Crippen molar-refractivity contribution in [2.75, 3.05) is 20.8 Å². The van der Waals surface area contributed by atoms with Gasteiger partial charge in [-0.05, 0) is 49.8 Å². The first kappa shape index (κ1) is 18.0. The number of hydrogen-bond acceptors (Lipinski definition) is 5.